The van der Waals surface area contributed by atoms with Gasteiger partial charge in [-0.2, -0.15) is 0 Å². The Balaban J connectivity index is 1.50. The Hall–Kier alpha value is -3.38. The Bertz CT molecular complexity index is 1110. The van der Waals surface area contributed by atoms with Crippen LogP contribution in [0.5, 0.6) is 0 Å². The van der Waals surface area contributed by atoms with E-state index in [1.54, 1.807) is 20.0 Å². The minimum Gasteiger partial charge on any atom is -0.481 e. The highest BCUT2D eigenvalue weighted by molar-refractivity contribution is 5.80. The maximum atomic E-state index is 11.7. The molecule has 6 nitrogen and oxygen atoms in total. The molecule has 4 rings (SSSR count). The van der Waals surface area contributed by atoms with Crippen LogP contribution >= 0.6 is 0 Å². The first-order valence-corrected chi connectivity index (χ1v) is 11.4. The van der Waals surface area contributed by atoms with Crippen LogP contribution in [-0.2, 0) is 16.6 Å². The SMILES string of the molecule is Cc1cc(CCN[C@H](c2ccccc2)[C@H]2CNc3cccnc3N2)cc(C(C)(C)C(=O)O)c1. The first-order valence-electron chi connectivity index (χ1n) is 11.4. The summed E-state index contributed by atoms with van der Waals surface area (Å²) in [5.41, 5.74) is 4.38. The van der Waals surface area contributed by atoms with E-state index in [1.807, 2.05) is 37.3 Å². The summed E-state index contributed by atoms with van der Waals surface area (Å²) in [4.78, 5) is 16.2. The molecule has 0 aliphatic carbocycles. The van der Waals surface area contributed by atoms with Crippen LogP contribution in [0.25, 0.3) is 0 Å². The van der Waals surface area contributed by atoms with Crippen molar-refractivity contribution < 1.29 is 9.90 Å². The van der Waals surface area contributed by atoms with Gasteiger partial charge in [0.05, 0.1) is 23.2 Å². The van der Waals surface area contributed by atoms with Gasteiger partial charge in [0.1, 0.15) is 5.82 Å². The maximum Gasteiger partial charge on any atom is 0.313 e. The van der Waals surface area contributed by atoms with Crippen LogP contribution < -0.4 is 16.0 Å². The molecule has 6 heteroatoms. The van der Waals surface area contributed by atoms with Crippen LogP contribution in [0.15, 0.2) is 66.9 Å². The van der Waals surface area contributed by atoms with Gasteiger partial charge in [-0.25, -0.2) is 4.98 Å². The largest absolute Gasteiger partial charge is 0.481 e. The van der Waals surface area contributed by atoms with Gasteiger partial charge in [-0.05, 0) is 62.6 Å². The molecule has 2 atom stereocenters. The number of carboxylic acid groups (broad SMARTS) is 1. The van der Waals surface area contributed by atoms with Crippen molar-refractivity contribution in [2.24, 2.45) is 0 Å². The summed E-state index contributed by atoms with van der Waals surface area (Å²) in [6.45, 7) is 7.08. The van der Waals surface area contributed by atoms with Crippen LogP contribution in [0.3, 0.4) is 0 Å². The molecule has 4 N–H and O–H groups in total. The number of fused-ring (bicyclic) bond motifs is 1. The maximum absolute atomic E-state index is 11.7. The number of hydrogen-bond acceptors (Lipinski definition) is 5. The van der Waals surface area contributed by atoms with Crippen molar-refractivity contribution >= 4 is 17.5 Å². The molecule has 1 aliphatic heterocycles. The molecule has 2 aromatic carbocycles. The lowest BCUT2D eigenvalue weighted by Gasteiger charge is -2.34. The molecular formula is C27H32N4O2. The van der Waals surface area contributed by atoms with E-state index < -0.39 is 11.4 Å². The number of nitrogens with one attached hydrogen (secondary N) is 3. The fourth-order valence-corrected chi connectivity index (χ4v) is 4.33. The minimum absolute atomic E-state index is 0.0913. The highest BCUT2D eigenvalue weighted by Gasteiger charge is 2.30. The standard InChI is InChI=1S/C27H32N4O2/c1-18-14-19(16-21(15-18)27(2,3)26(32)33)11-13-28-24(20-8-5-4-6-9-20)23-17-30-22-10-7-12-29-25(22)31-23/h4-10,12,14-16,23-24,28,30H,11,13,17H2,1-3H3,(H,29,31)(H,32,33)/t23-,24-/m1/s1. The zero-order valence-corrected chi connectivity index (χ0v) is 19.4. The highest BCUT2D eigenvalue weighted by Crippen LogP contribution is 2.29. The summed E-state index contributed by atoms with van der Waals surface area (Å²) < 4.78 is 0. The van der Waals surface area contributed by atoms with Crippen LogP contribution in [0.2, 0.25) is 0 Å². The lowest BCUT2D eigenvalue weighted by molar-refractivity contribution is -0.142. The number of aromatic nitrogens is 1. The van der Waals surface area contributed by atoms with Gasteiger partial charge in [0.25, 0.3) is 0 Å². The van der Waals surface area contributed by atoms with Gasteiger partial charge in [-0.1, -0.05) is 54.1 Å². The lowest BCUT2D eigenvalue weighted by atomic mass is 9.83. The second kappa shape index (κ2) is 9.63. The summed E-state index contributed by atoms with van der Waals surface area (Å²) in [5.74, 6) is 0.0572. The Morgan fingerprint density at radius 3 is 2.73 bits per heavy atom. The van der Waals surface area contributed by atoms with Gasteiger partial charge in [-0.15, -0.1) is 0 Å². The average Bonchev–Trinajstić information content (AvgIpc) is 2.81. The van der Waals surface area contributed by atoms with E-state index in [0.29, 0.717) is 0 Å². The number of hydrogen-bond donors (Lipinski definition) is 4. The number of aliphatic carboxylic acids is 1. The molecular weight excluding hydrogens is 412 g/mol. The molecule has 0 bridgehead atoms. The molecule has 0 fully saturated rings. The van der Waals surface area contributed by atoms with E-state index in [1.165, 1.54) is 5.56 Å². The van der Waals surface area contributed by atoms with Crippen LogP contribution in [0.1, 0.15) is 42.1 Å². The van der Waals surface area contributed by atoms with Crippen molar-refractivity contribution in [2.75, 3.05) is 23.7 Å². The number of nitrogens with zero attached hydrogens (tertiary/aromatic N) is 1. The number of carboxylic acids is 1. The molecule has 0 radical (unpaired) electrons. The van der Waals surface area contributed by atoms with Gasteiger partial charge in [0.2, 0.25) is 0 Å². The van der Waals surface area contributed by atoms with Crippen molar-refractivity contribution in [2.45, 2.75) is 44.7 Å². The first-order chi connectivity index (χ1) is 15.8. The van der Waals surface area contributed by atoms with Gasteiger partial charge in [0.15, 0.2) is 0 Å². The Morgan fingerprint density at radius 2 is 1.97 bits per heavy atom. The second-order valence-electron chi connectivity index (χ2n) is 9.26. The number of anilines is 2. The zero-order valence-electron chi connectivity index (χ0n) is 19.4. The summed E-state index contributed by atoms with van der Waals surface area (Å²) >= 11 is 0. The summed E-state index contributed by atoms with van der Waals surface area (Å²) in [5, 5.41) is 20.5. The van der Waals surface area contributed by atoms with E-state index in [-0.39, 0.29) is 12.1 Å². The molecule has 172 valence electrons. The Labute approximate surface area is 195 Å². The van der Waals surface area contributed by atoms with E-state index in [9.17, 15) is 9.90 Å². The van der Waals surface area contributed by atoms with Gasteiger partial charge < -0.3 is 21.1 Å². The molecule has 0 unspecified atom stereocenters. The molecule has 0 amide bonds. The zero-order chi connectivity index (χ0) is 23.4. The summed E-state index contributed by atoms with van der Waals surface area (Å²) in [6.07, 6.45) is 2.61. The first kappa shape index (κ1) is 22.8. The van der Waals surface area contributed by atoms with Crippen molar-refractivity contribution in [3.63, 3.8) is 0 Å². The summed E-state index contributed by atoms with van der Waals surface area (Å²) in [6, 6.07) is 20.8. The smallest absolute Gasteiger partial charge is 0.313 e. The predicted molar refractivity (Wildman–Crippen MR) is 133 cm³/mol. The second-order valence-corrected chi connectivity index (χ2v) is 9.26. The number of benzene rings is 2. The van der Waals surface area contributed by atoms with E-state index >= 15 is 0 Å². The molecule has 33 heavy (non-hydrogen) atoms. The fourth-order valence-electron chi connectivity index (χ4n) is 4.33. The third-order valence-corrected chi connectivity index (χ3v) is 6.37. The van der Waals surface area contributed by atoms with Crippen molar-refractivity contribution in [3.8, 4) is 0 Å². The third-order valence-electron chi connectivity index (χ3n) is 6.37. The number of rotatable bonds is 8. The molecule has 0 saturated carbocycles. The molecule has 1 aliphatic rings. The third kappa shape index (κ3) is 5.17. The van der Waals surface area contributed by atoms with Crippen molar-refractivity contribution in [3.05, 3.63) is 89.1 Å². The van der Waals surface area contributed by atoms with Crippen LogP contribution in [0.4, 0.5) is 11.5 Å². The normalized spacial score (nSPS) is 16.3. The predicted octanol–water partition coefficient (Wildman–Crippen LogP) is 4.53. The number of carbonyl (C=O) groups is 1. The molecule has 3 aromatic rings. The Kier molecular flexibility index (Phi) is 6.65. The fraction of sp³-hybridized carbons (Fsp3) is 0.333. The van der Waals surface area contributed by atoms with E-state index in [2.05, 4.69) is 51.3 Å². The van der Waals surface area contributed by atoms with Crippen LogP contribution in [-0.4, -0.2) is 35.2 Å². The molecule has 2 heterocycles. The van der Waals surface area contributed by atoms with Crippen molar-refractivity contribution in [1.29, 1.82) is 0 Å². The van der Waals surface area contributed by atoms with Gasteiger partial charge in [0, 0.05) is 12.7 Å². The average molecular weight is 445 g/mol. The van der Waals surface area contributed by atoms with Crippen molar-refractivity contribution in [1.82, 2.24) is 10.3 Å². The lowest BCUT2D eigenvalue weighted by Crippen LogP contribution is -2.44. The Morgan fingerprint density at radius 1 is 1.18 bits per heavy atom. The summed E-state index contributed by atoms with van der Waals surface area (Å²) in [7, 11) is 0. The number of pyridine rings is 1. The number of aryl methyl sites for hydroxylation is 1. The highest BCUT2D eigenvalue weighted by atomic mass is 16.4. The van der Waals surface area contributed by atoms with Crippen LogP contribution in [0, 0.1) is 6.92 Å². The van der Waals surface area contributed by atoms with Gasteiger partial charge >= 0.3 is 5.97 Å². The monoisotopic (exact) mass is 444 g/mol. The molecule has 0 saturated heterocycles. The van der Waals surface area contributed by atoms with E-state index in [4.69, 9.17) is 0 Å². The molecule has 0 spiro atoms. The topological polar surface area (TPSA) is 86.3 Å². The minimum atomic E-state index is -0.918. The van der Waals surface area contributed by atoms with Gasteiger partial charge in [-0.3, -0.25) is 4.79 Å². The quantitative estimate of drug-likeness (QED) is 0.408. The van der Waals surface area contributed by atoms with E-state index in [0.717, 1.165) is 47.7 Å². The molecule has 1 aromatic heterocycles.